The van der Waals surface area contributed by atoms with Crippen LogP contribution in [0.2, 0.25) is 0 Å². The predicted molar refractivity (Wildman–Crippen MR) is 68.8 cm³/mol. The van der Waals surface area contributed by atoms with Crippen molar-refractivity contribution in [3.05, 3.63) is 11.4 Å². The predicted octanol–water partition coefficient (Wildman–Crippen LogP) is -0.832. The number of morpholine rings is 2. The van der Waals surface area contributed by atoms with Gasteiger partial charge in [-0.2, -0.15) is 15.4 Å². The monoisotopic (exact) mass is 267 g/mol. The maximum Gasteiger partial charge on any atom is 0.0997 e. The molecule has 106 valence electrons. The highest BCUT2D eigenvalue weighted by molar-refractivity contribution is 5.10. The first-order valence-corrected chi connectivity index (χ1v) is 6.93. The van der Waals surface area contributed by atoms with Crippen molar-refractivity contribution in [1.29, 1.82) is 0 Å². The second-order valence-electron chi connectivity index (χ2n) is 5.01. The molecule has 3 heterocycles. The molecular weight excluding hydrogens is 246 g/mol. The lowest BCUT2D eigenvalue weighted by molar-refractivity contribution is 0.0268. The quantitative estimate of drug-likeness (QED) is 0.741. The molecule has 0 radical (unpaired) electrons. The molecule has 1 aromatic rings. The number of ether oxygens (including phenoxy) is 2. The van der Waals surface area contributed by atoms with Gasteiger partial charge in [0, 0.05) is 39.1 Å². The van der Waals surface area contributed by atoms with Gasteiger partial charge >= 0.3 is 0 Å². The Balaban J connectivity index is 1.57. The summed E-state index contributed by atoms with van der Waals surface area (Å²) in [6.07, 6.45) is 1.03. The van der Waals surface area contributed by atoms with E-state index in [1.165, 1.54) is 0 Å². The summed E-state index contributed by atoms with van der Waals surface area (Å²) in [7, 11) is 0. The number of aromatic amines is 1. The number of hydrogen-bond acceptors (Lipinski definition) is 6. The van der Waals surface area contributed by atoms with Gasteiger partial charge in [-0.15, -0.1) is 0 Å². The first kappa shape index (κ1) is 13.0. The van der Waals surface area contributed by atoms with E-state index in [0.29, 0.717) is 0 Å². The van der Waals surface area contributed by atoms with E-state index in [2.05, 4.69) is 25.6 Å². The largest absolute Gasteiger partial charge is 0.379 e. The van der Waals surface area contributed by atoms with Gasteiger partial charge in [0.25, 0.3) is 0 Å². The Bertz CT molecular complexity index is 351. The minimum absolute atomic E-state index is 0.210. The van der Waals surface area contributed by atoms with Gasteiger partial charge in [0.1, 0.15) is 0 Å². The lowest BCUT2D eigenvalue weighted by atomic mass is 10.1. The molecule has 0 spiro atoms. The van der Waals surface area contributed by atoms with Crippen LogP contribution in [0.1, 0.15) is 11.4 Å². The summed E-state index contributed by atoms with van der Waals surface area (Å²) in [4.78, 5) is 2.35. The second-order valence-corrected chi connectivity index (χ2v) is 5.01. The van der Waals surface area contributed by atoms with Crippen molar-refractivity contribution in [2.45, 2.75) is 19.1 Å². The third-order valence-corrected chi connectivity index (χ3v) is 3.61. The molecule has 0 saturated carbocycles. The summed E-state index contributed by atoms with van der Waals surface area (Å²) >= 11 is 0. The van der Waals surface area contributed by atoms with E-state index in [0.717, 1.165) is 70.4 Å². The van der Waals surface area contributed by atoms with E-state index >= 15 is 0 Å². The van der Waals surface area contributed by atoms with E-state index in [4.69, 9.17) is 9.47 Å². The number of rotatable bonds is 4. The molecule has 7 heteroatoms. The third kappa shape index (κ3) is 3.50. The Hall–Kier alpha value is -1.02. The van der Waals surface area contributed by atoms with Gasteiger partial charge < -0.3 is 14.8 Å². The zero-order chi connectivity index (χ0) is 12.9. The molecule has 0 amide bonds. The molecule has 2 aliphatic heterocycles. The van der Waals surface area contributed by atoms with E-state index in [-0.39, 0.29) is 6.10 Å². The van der Waals surface area contributed by atoms with Crippen LogP contribution in [-0.4, -0.2) is 72.4 Å². The SMILES string of the molecule is C1COC(Cc2n[nH]nc2CN2CCOCC2)CN1. The van der Waals surface area contributed by atoms with Crippen LogP contribution in [0.25, 0.3) is 0 Å². The zero-order valence-corrected chi connectivity index (χ0v) is 11.1. The number of H-pyrrole nitrogens is 1. The molecule has 2 N–H and O–H groups in total. The standard InChI is InChI=1S/C12H21N5O2/c1-4-19-10(8-13-1)7-11-12(15-16-14-11)9-17-2-5-18-6-3-17/h10,13H,1-9H2,(H,14,15,16). The van der Waals surface area contributed by atoms with Crippen molar-refractivity contribution in [2.24, 2.45) is 0 Å². The van der Waals surface area contributed by atoms with Gasteiger partial charge in [0.05, 0.1) is 37.3 Å². The molecule has 1 atom stereocenters. The number of hydrogen-bond donors (Lipinski definition) is 2. The van der Waals surface area contributed by atoms with Gasteiger partial charge in [-0.3, -0.25) is 4.90 Å². The van der Waals surface area contributed by atoms with E-state index in [9.17, 15) is 0 Å². The lowest BCUT2D eigenvalue weighted by Gasteiger charge is -2.26. The molecule has 19 heavy (non-hydrogen) atoms. The molecule has 3 rings (SSSR count). The highest BCUT2D eigenvalue weighted by atomic mass is 16.5. The highest BCUT2D eigenvalue weighted by Crippen LogP contribution is 2.11. The van der Waals surface area contributed by atoms with Crippen molar-refractivity contribution >= 4 is 0 Å². The van der Waals surface area contributed by atoms with Crippen molar-refractivity contribution in [3.63, 3.8) is 0 Å². The first-order valence-electron chi connectivity index (χ1n) is 6.93. The van der Waals surface area contributed by atoms with E-state index in [1.54, 1.807) is 0 Å². The summed E-state index contributed by atoms with van der Waals surface area (Å²) in [6.45, 7) is 7.00. The molecule has 0 bridgehead atoms. The molecule has 2 aliphatic rings. The van der Waals surface area contributed by atoms with Crippen LogP contribution in [0.15, 0.2) is 0 Å². The van der Waals surface area contributed by atoms with Crippen molar-refractivity contribution in [2.75, 3.05) is 46.0 Å². The maximum atomic E-state index is 5.72. The highest BCUT2D eigenvalue weighted by Gasteiger charge is 2.20. The summed E-state index contributed by atoms with van der Waals surface area (Å²) in [5.41, 5.74) is 2.07. The fraction of sp³-hybridized carbons (Fsp3) is 0.833. The van der Waals surface area contributed by atoms with Crippen LogP contribution >= 0.6 is 0 Å². The second kappa shape index (κ2) is 6.42. The van der Waals surface area contributed by atoms with Crippen LogP contribution in [0.4, 0.5) is 0 Å². The average molecular weight is 267 g/mol. The zero-order valence-electron chi connectivity index (χ0n) is 11.1. The molecule has 0 aromatic carbocycles. The Labute approximate surface area is 112 Å². The lowest BCUT2D eigenvalue weighted by Crippen LogP contribution is -2.40. The van der Waals surface area contributed by atoms with Crippen molar-refractivity contribution in [1.82, 2.24) is 25.6 Å². The van der Waals surface area contributed by atoms with Gasteiger partial charge in [0.2, 0.25) is 0 Å². The Morgan fingerprint density at radius 2 is 2.00 bits per heavy atom. The van der Waals surface area contributed by atoms with Gasteiger partial charge in [-0.05, 0) is 0 Å². The molecule has 1 aromatic heterocycles. The summed E-state index contributed by atoms with van der Waals surface area (Å²) in [5, 5.41) is 14.6. The van der Waals surface area contributed by atoms with Gasteiger partial charge in [-0.1, -0.05) is 0 Å². The van der Waals surface area contributed by atoms with Gasteiger partial charge in [0.15, 0.2) is 0 Å². The molecule has 1 unspecified atom stereocenters. The van der Waals surface area contributed by atoms with Crippen LogP contribution in [-0.2, 0) is 22.4 Å². The van der Waals surface area contributed by atoms with Crippen LogP contribution < -0.4 is 5.32 Å². The smallest absolute Gasteiger partial charge is 0.0997 e. The van der Waals surface area contributed by atoms with Crippen LogP contribution in [0.5, 0.6) is 0 Å². The Morgan fingerprint density at radius 3 is 2.79 bits per heavy atom. The average Bonchev–Trinajstić information content (AvgIpc) is 2.88. The fourth-order valence-corrected chi connectivity index (χ4v) is 2.50. The van der Waals surface area contributed by atoms with Crippen LogP contribution in [0, 0.1) is 0 Å². The van der Waals surface area contributed by atoms with Crippen molar-refractivity contribution in [3.8, 4) is 0 Å². The number of aromatic nitrogens is 3. The Morgan fingerprint density at radius 1 is 1.16 bits per heavy atom. The normalized spacial score (nSPS) is 25.6. The van der Waals surface area contributed by atoms with Crippen LogP contribution in [0.3, 0.4) is 0 Å². The van der Waals surface area contributed by atoms with Gasteiger partial charge in [-0.25, -0.2) is 0 Å². The molecule has 2 saturated heterocycles. The molecule has 0 aliphatic carbocycles. The number of nitrogens with zero attached hydrogens (tertiary/aromatic N) is 3. The first-order chi connectivity index (χ1) is 9.42. The minimum atomic E-state index is 0.210. The molecule has 7 nitrogen and oxygen atoms in total. The minimum Gasteiger partial charge on any atom is -0.379 e. The maximum absolute atomic E-state index is 5.72. The third-order valence-electron chi connectivity index (χ3n) is 3.61. The fourth-order valence-electron chi connectivity index (χ4n) is 2.50. The summed E-state index contributed by atoms with van der Waals surface area (Å²) in [5.74, 6) is 0. The molecular formula is C12H21N5O2. The van der Waals surface area contributed by atoms with E-state index < -0.39 is 0 Å². The Kier molecular flexibility index (Phi) is 4.39. The van der Waals surface area contributed by atoms with Crippen molar-refractivity contribution < 1.29 is 9.47 Å². The number of nitrogens with one attached hydrogen (secondary N) is 2. The van der Waals surface area contributed by atoms with E-state index in [1.807, 2.05) is 0 Å². The molecule has 2 fully saturated rings. The topological polar surface area (TPSA) is 75.3 Å². The summed E-state index contributed by atoms with van der Waals surface area (Å²) < 4.78 is 11.1. The summed E-state index contributed by atoms with van der Waals surface area (Å²) in [6, 6.07) is 0.